The zero-order valence-corrected chi connectivity index (χ0v) is 12.3. The van der Waals surface area contributed by atoms with Crippen molar-refractivity contribution in [1.82, 2.24) is 10.0 Å². The molecule has 0 heterocycles. The second-order valence-electron chi connectivity index (χ2n) is 4.52. The first-order valence-corrected chi connectivity index (χ1v) is 7.48. The fourth-order valence-electron chi connectivity index (χ4n) is 1.59. The van der Waals surface area contributed by atoms with E-state index in [2.05, 4.69) is 5.32 Å². The monoisotopic (exact) mass is 328 g/mol. The Balaban J connectivity index is 3.00. The van der Waals surface area contributed by atoms with Crippen molar-refractivity contribution in [3.63, 3.8) is 0 Å². The summed E-state index contributed by atoms with van der Waals surface area (Å²) in [7, 11) is -2.63. The second-order valence-corrected chi connectivity index (χ2v) is 6.25. The molecule has 0 bridgehead atoms. The molecule has 0 radical (unpaired) electrons. The van der Waals surface area contributed by atoms with Crippen molar-refractivity contribution in [2.45, 2.75) is 30.7 Å². The van der Waals surface area contributed by atoms with E-state index < -0.39 is 28.9 Å². The first-order chi connectivity index (χ1) is 9.60. The highest BCUT2D eigenvalue weighted by atomic mass is 32.2. The quantitative estimate of drug-likeness (QED) is 0.752. The molecule has 0 aliphatic carbocycles. The minimum atomic E-state index is -4.41. The van der Waals surface area contributed by atoms with Crippen LogP contribution in [0.4, 0.5) is 17.6 Å². The average molecular weight is 328 g/mol. The fourth-order valence-corrected chi connectivity index (χ4v) is 2.93. The van der Waals surface area contributed by atoms with Crippen LogP contribution < -0.4 is 10.0 Å². The third-order valence-corrected chi connectivity index (χ3v) is 4.28. The molecule has 1 aromatic rings. The summed E-state index contributed by atoms with van der Waals surface area (Å²) in [5.74, 6) is -4.41. The Morgan fingerprint density at radius 2 is 1.90 bits per heavy atom. The maximum atomic E-state index is 12.8. The molecule has 0 atom stereocenters. The van der Waals surface area contributed by atoms with Gasteiger partial charge in [0.25, 0.3) is 0 Å². The Kier molecular flexibility index (Phi) is 5.71. The van der Waals surface area contributed by atoms with E-state index in [1.807, 2.05) is 0 Å². The van der Waals surface area contributed by atoms with E-state index in [-0.39, 0.29) is 4.90 Å². The van der Waals surface area contributed by atoms with Gasteiger partial charge in [0.1, 0.15) is 0 Å². The van der Waals surface area contributed by atoms with Crippen LogP contribution in [0.15, 0.2) is 23.1 Å². The minimum Gasteiger partial charge on any atom is -0.316 e. The summed E-state index contributed by atoms with van der Waals surface area (Å²) in [5, 5.41) is 2.82. The molecular weight excluding hydrogens is 312 g/mol. The number of sulfonamides is 1. The first-order valence-electron chi connectivity index (χ1n) is 6.00. The highest BCUT2D eigenvalue weighted by Crippen LogP contribution is 2.23. The van der Waals surface area contributed by atoms with E-state index in [0.29, 0.717) is 17.7 Å². The van der Waals surface area contributed by atoms with Gasteiger partial charge in [-0.2, -0.15) is 8.78 Å². The van der Waals surface area contributed by atoms with Gasteiger partial charge in [0.2, 0.25) is 10.0 Å². The van der Waals surface area contributed by atoms with Crippen molar-refractivity contribution in [2.75, 3.05) is 13.6 Å². The molecule has 1 rings (SSSR count). The van der Waals surface area contributed by atoms with E-state index in [1.165, 1.54) is 23.8 Å². The average Bonchev–Trinajstić information content (AvgIpc) is 2.39. The van der Waals surface area contributed by atoms with Gasteiger partial charge in [-0.15, -0.1) is 0 Å². The molecule has 9 heteroatoms. The van der Waals surface area contributed by atoms with Crippen LogP contribution >= 0.6 is 0 Å². The van der Waals surface area contributed by atoms with Gasteiger partial charge < -0.3 is 5.32 Å². The van der Waals surface area contributed by atoms with Crippen LogP contribution in [0.1, 0.15) is 11.1 Å². The molecule has 0 aliphatic heterocycles. The van der Waals surface area contributed by atoms with E-state index >= 15 is 0 Å². The number of nitrogens with one attached hydrogen (secondary N) is 2. The van der Waals surface area contributed by atoms with E-state index in [4.69, 9.17) is 0 Å². The molecular formula is C12H16F4N2O2S. The molecule has 0 saturated carbocycles. The molecule has 0 fully saturated rings. The maximum absolute atomic E-state index is 12.8. The lowest BCUT2D eigenvalue weighted by Gasteiger charge is -2.17. The highest BCUT2D eigenvalue weighted by Gasteiger charge is 2.41. The minimum absolute atomic E-state index is 0.208. The van der Waals surface area contributed by atoms with Gasteiger partial charge in [0.15, 0.2) is 0 Å². The lowest BCUT2D eigenvalue weighted by Crippen LogP contribution is -2.41. The predicted octanol–water partition coefficient (Wildman–Crippen LogP) is 1.89. The van der Waals surface area contributed by atoms with E-state index in [9.17, 15) is 26.0 Å². The molecule has 0 aliphatic rings. The molecule has 0 unspecified atom stereocenters. The Hall–Kier alpha value is -1.19. The van der Waals surface area contributed by atoms with Gasteiger partial charge in [-0.05, 0) is 31.2 Å². The van der Waals surface area contributed by atoms with Gasteiger partial charge in [-0.3, -0.25) is 0 Å². The molecule has 4 nitrogen and oxygen atoms in total. The summed E-state index contributed by atoms with van der Waals surface area (Å²) in [6.07, 6.45) is -3.93. The van der Waals surface area contributed by atoms with Crippen molar-refractivity contribution in [3.8, 4) is 0 Å². The smallest absolute Gasteiger partial charge is 0.316 e. The zero-order valence-electron chi connectivity index (χ0n) is 11.5. The number of rotatable bonds is 7. The summed E-state index contributed by atoms with van der Waals surface area (Å²) in [6, 6.07) is 4.51. The Labute approximate surface area is 120 Å². The molecule has 1 aromatic carbocycles. The number of alkyl halides is 4. The number of benzene rings is 1. The molecule has 0 spiro atoms. The van der Waals surface area contributed by atoms with Crippen LogP contribution in [-0.4, -0.2) is 34.4 Å². The largest absolute Gasteiger partial charge is 0.320 e. The number of halogens is 4. The number of hydrogen-bond donors (Lipinski definition) is 2. The summed E-state index contributed by atoms with van der Waals surface area (Å²) in [5.41, 5.74) is 0.965. The third-order valence-electron chi connectivity index (χ3n) is 2.74. The molecule has 21 heavy (non-hydrogen) atoms. The third kappa shape index (κ3) is 4.65. The Morgan fingerprint density at radius 3 is 2.43 bits per heavy atom. The lowest BCUT2D eigenvalue weighted by atomic mass is 10.1. The lowest BCUT2D eigenvalue weighted by molar-refractivity contribution is -0.122. The summed E-state index contributed by atoms with van der Waals surface area (Å²) in [4.78, 5) is -0.208. The van der Waals surface area contributed by atoms with Crippen LogP contribution in [0.5, 0.6) is 0 Å². The Bertz CT molecular complexity index is 591. The second kappa shape index (κ2) is 6.71. The van der Waals surface area contributed by atoms with Crippen LogP contribution in [-0.2, 0) is 16.6 Å². The van der Waals surface area contributed by atoms with Gasteiger partial charge in [0.05, 0.1) is 11.4 Å². The first kappa shape index (κ1) is 17.9. The summed E-state index contributed by atoms with van der Waals surface area (Å²) in [6.45, 7) is 0.224. The van der Waals surface area contributed by atoms with Crippen molar-refractivity contribution >= 4 is 10.0 Å². The zero-order chi connectivity index (χ0) is 16.3. The highest BCUT2D eigenvalue weighted by molar-refractivity contribution is 7.89. The van der Waals surface area contributed by atoms with Crippen LogP contribution in [0.25, 0.3) is 0 Å². The van der Waals surface area contributed by atoms with Crippen molar-refractivity contribution in [3.05, 3.63) is 29.3 Å². The standard InChI is InChI=1S/C12H16F4N2O2S/c1-8-3-4-9(6-17-2)5-10(8)21(19,20)18-7-12(15,16)11(13)14/h3-5,11,17-18H,6-7H2,1-2H3. The van der Waals surface area contributed by atoms with E-state index in [0.717, 1.165) is 0 Å². The molecule has 2 N–H and O–H groups in total. The van der Waals surface area contributed by atoms with Gasteiger partial charge >= 0.3 is 12.3 Å². The van der Waals surface area contributed by atoms with Crippen molar-refractivity contribution in [1.29, 1.82) is 0 Å². The topological polar surface area (TPSA) is 58.2 Å². The summed E-state index contributed by atoms with van der Waals surface area (Å²) < 4.78 is 75.2. The van der Waals surface area contributed by atoms with Gasteiger partial charge in [-0.1, -0.05) is 12.1 Å². The van der Waals surface area contributed by atoms with Gasteiger partial charge in [-0.25, -0.2) is 21.9 Å². The van der Waals surface area contributed by atoms with Crippen molar-refractivity contribution in [2.24, 2.45) is 0 Å². The van der Waals surface area contributed by atoms with Crippen LogP contribution in [0.2, 0.25) is 0 Å². The van der Waals surface area contributed by atoms with Gasteiger partial charge in [0, 0.05) is 6.54 Å². The fraction of sp³-hybridized carbons (Fsp3) is 0.500. The maximum Gasteiger partial charge on any atom is 0.320 e. The number of hydrogen-bond acceptors (Lipinski definition) is 3. The van der Waals surface area contributed by atoms with Crippen LogP contribution in [0.3, 0.4) is 0 Å². The predicted molar refractivity (Wildman–Crippen MR) is 70.1 cm³/mol. The molecule has 0 aromatic heterocycles. The number of aryl methyl sites for hydroxylation is 1. The summed E-state index contributed by atoms with van der Waals surface area (Å²) >= 11 is 0. The van der Waals surface area contributed by atoms with Crippen LogP contribution in [0, 0.1) is 6.92 Å². The van der Waals surface area contributed by atoms with E-state index in [1.54, 1.807) is 13.1 Å². The molecule has 0 saturated heterocycles. The SMILES string of the molecule is CNCc1ccc(C)c(S(=O)(=O)NCC(F)(F)C(F)F)c1. The van der Waals surface area contributed by atoms with Crippen molar-refractivity contribution < 1.29 is 26.0 Å². The Morgan fingerprint density at radius 1 is 1.29 bits per heavy atom. The molecule has 0 amide bonds. The molecule has 120 valence electrons. The normalized spacial score (nSPS) is 12.9.